The number of ether oxygens (including phenoxy) is 1. The zero-order valence-corrected chi connectivity index (χ0v) is 9.86. The van der Waals surface area contributed by atoms with Crippen LogP contribution in [0.1, 0.15) is 24.8 Å². The molecule has 0 bridgehead atoms. The molecule has 16 heavy (non-hydrogen) atoms. The summed E-state index contributed by atoms with van der Waals surface area (Å²) in [5.41, 5.74) is 2.96. The van der Waals surface area contributed by atoms with Crippen molar-refractivity contribution < 1.29 is 4.74 Å². The van der Waals surface area contributed by atoms with Crippen LogP contribution in [-0.2, 0) is 4.74 Å². The van der Waals surface area contributed by atoms with Crippen molar-refractivity contribution in [3.05, 3.63) is 29.8 Å². The van der Waals surface area contributed by atoms with Crippen LogP contribution in [0.4, 0.5) is 5.69 Å². The minimum atomic E-state index is 0.679. The highest BCUT2D eigenvalue weighted by Crippen LogP contribution is 2.36. The molecule has 3 rings (SSSR count). The average Bonchev–Trinajstić information content (AvgIpc) is 2.90. The van der Waals surface area contributed by atoms with Crippen molar-refractivity contribution >= 4 is 5.69 Å². The summed E-state index contributed by atoms with van der Waals surface area (Å²) in [7, 11) is 0. The van der Waals surface area contributed by atoms with E-state index in [1.807, 2.05) is 0 Å². The van der Waals surface area contributed by atoms with Gasteiger partial charge in [0.25, 0.3) is 0 Å². The van der Waals surface area contributed by atoms with Crippen LogP contribution in [0.2, 0.25) is 0 Å². The van der Waals surface area contributed by atoms with Crippen LogP contribution < -0.4 is 4.90 Å². The number of fused-ring (bicyclic) bond motifs is 1. The van der Waals surface area contributed by atoms with E-state index in [-0.39, 0.29) is 0 Å². The fourth-order valence-electron chi connectivity index (χ4n) is 2.93. The molecule has 2 atom stereocenters. The lowest BCUT2D eigenvalue weighted by Crippen LogP contribution is -2.28. The van der Waals surface area contributed by atoms with Crippen molar-refractivity contribution in [3.8, 4) is 0 Å². The third-order valence-electron chi connectivity index (χ3n) is 3.81. The molecular formula is C14H19NO. The van der Waals surface area contributed by atoms with Gasteiger partial charge in [-0.15, -0.1) is 0 Å². The van der Waals surface area contributed by atoms with Crippen molar-refractivity contribution in [2.75, 3.05) is 31.2 Å². The Balaban J connectivity index is 1.77. The Bertz CT molecular complexity index is 371. The van der Waals surface area contributed by atoms with Crippen LogP contribution in [0.25, 0.3) is 0 Å². The molecule has 0 aromatic heterocycles. The second-order valence-corrected chi connectivity index (χ2v) is 5.09. The fraction of sp³-hybridized carbons (Fsp3) is 0.571. The molecule has 1 aromatic carbocycles. The average molecular weight is 217 g/mol. The number of rotatable bonds is 2. The summed E-state index contributed by atoms with van der Waals surface area (Å²) in [5.74, 6) is 1.41. The Morgan fingerprint density at radius 3 is 3.06 bits per heavy atom. The van der Waals surface area contributed by atoms with E-state index >= 15 is 0 Å². The van der Waals surface area contributed by atoms with Gasteiger partial charge in [-0.25, -0.2) is 0 Å². The fourth-order valence-corrected chi connectivity index (χ4v) is 2.93. The first-order valence-electron chi connectivity index (χ1n) is 6.26. The largest absolute Gasteiger partial charge is 0.381 e. The summed E-state index contributed by atoms with van der Waals surface area (Å²) in [5, 5.41) is 0. The number of benzene rings is 1. The molecule has 2 aliphatic rings. The number of hydrogen-bond donors (Lipinski definition) is 0. The van der Waals surface area contributed by atoms with Gasteiger partial charge in [0.2, 0.25) is 0 Å². The number of para-hydroxylation sites is 1. The van der Waals surface area contributed by atoms with Crippen LogP contribution in [0.15, 0.2) is 24.3 Å². The highest BCUT2D eigenvalue weighted by atomic mass is 16.5. The van der Waals surface area contributed by atoms with Crippen molar-refractivity contribution in [2.24, 2.45) is 5.92 Å². The van der Waals surface area contributed by atoms with Crippen LogP contribution in [0.5, 0.6) is 0 Å². The molecule has 0 radical (unpaired) electrons. The molecule has 1 fully saturated rings. The standard InChI is InChI=1S/C14H19NO/c1-11-8-15(9-12-6-7-16-10-12)14-5-3-2-4-13(11)14/h2-5,11-12H,6-10H2,1H3. The first kappa shape index (κ1) is 10.2. The molecule has 1 saturated heterocycles. The van der Waals surface area contributed by atoms with Gasteiger partial charge in [0.05, 0.1) is 6.61 Å². The molecule has 0 spiro atoms. The molecule has 0 N–H and O–H groups in total. The summed E-state index contributed by atoms with van der Waals surface area (Å²) in [6.07, 6.45) is 1.23. The highest BCUT2D eigenvalue weighted by molar-refractivity contribution is 5.59. The minimum absolute atomic E-state index is 0.679. The normalized spacial score (nSPS) is 28.4. The molecule has 2 unspecified atom stereocenters. The van der Waals surface area contributed by atoms with Gasteiger partial charge in [-0.3, -0.25) is 0 Å². The lowest BCUT2D eigenvalue weighted by Gasteiger charge is -2.22. The Hall–Kier alpha value is -1.02. The van der Waals surface area contributed by atoms with Gasteiger partial charge in [-0.1, -0.05) is 25.1 Å². The van der Waals surface area contributed by atoms with Crippen molar-refractivity contribution in [3.63, 3.8) is 0 Å². The molecule has 2 aliphatic heterocycles. The molecular weight excluding hydrogens is 198 g/mol. The van der Waals surface area contributed by atoms with E-state index in [4.69, 9.17) is 4.74 Å². The lowest BCUT2D eigenvalue weighted by molar-refractivity contribution is 0.186. The van der Waals surface area contributed by atoms with E-state index in [0.717, 1.165) is 19.1 Å². The monoisotopic (exact) mass is 217 g/mol. The van der Waals surface area contributed by atoms with Gasteiger partial charge in [0.1, 0.15) is 0 Å². The molecule has 0 aliphatic carbocycles. The van der Waals surface area contributed by atoms with Crippen molar-refractivity contribution in [1.82, 2.24) is 0 Å². The molecule has 86 valence electrons. The van der Waals surface area contributed by atoms with Crippen LogP contribution in [0, 0.1) is 5.92 Å². The Labute approximate surface area is 97.2 Å². The van der Waals surface area contributed by atoms with Gasteiger partial charge >= 0.3 is 0 Å². The van der Waals surface area contributed by atoms with Crippen molar-refractivity contribution in [2.45, 2.75) is 19.3 Å². The molecule has 2 heterocycles. The zero-order chi connectivity index (χ0) is 11.0. The van der Waals surface area contributed by atoms with E-state index in [1.54, 1.807) is 0 Å². The van der Waals surface area contributed by atoms with E-state index < -0.39 is 0 Å². The SMILES string of the molecule is CC1CN(CC2CCOC2)c2ccccc21. The smallest absolute Gasteiger partial charge is 0.0512 e. The van der Waals surface area contributed by atoms with Gasteiger partial charge in [-0.2, -0.15) is 0 Å². The second-order valence-electron chi connectivity index (χ2n) is 5.09. The topological polar surface area (TPSA) is 12.5 Å². The Morgan fingerprint density at radius 2 is 2.25 bits per heavy atom. The maximum Gasteiger partial charge on any atom is 0.0512 e. The molecule has 0 amide bonds. The van der Waals surface area contributed by atoms with Gasteiger partial charge in [0.15, 0.2) is 0 Å². The van der Waals surface area contributed by atoms with Crippen LogP contribution in [0.3, 0.4) is 0 Å². The third kappa shape index (κ3) is 1.71. The molecule has 2 nitrogen and oxygen atoms in total. The Morgan fingerprint density at radius 1 is 1.38 bits per heavy atom. The first-order chi connectivity index (χ1) is 7.84. The maximum atomic E-state index is 5.46. The summed E-state index contributed by atoms with van der Waals surface area (Å²) in [6.45, 7) is 6.57. The first-order valence-corrected chi connectivity index (χ1v) is 6.26. The van der Waals surface area contributed by atoms with E-state index in [0.29, 0.717) is 5.92 Å². The lowest BCUT2D eigenvalue weighted by atomic mass is 10.0. The summed E-state index contributed by atoms with van der Waals surface area (Å²) >= 11 is 0. The highest BCUT2D eigenvalue weighted by Gasteiger charge is 2.27. The quantitative estimate of drug-likeness (QED) is 0.755. The predicted octanol–water partition coefficient (Wildman–Crippen LogP) is 2.65. The van der Waals surface area contributed by atoms with E-state index in [1.165, 1.54) is 30.8 Å². The zero-order valence-electron chi connectivity index (χ0n) is 9.86. The minimum Gasteiger partial charge on any atom is -0.381 e. The van der Waals surface area contributed by atoms with Crippen LogP contribution in [-0.4, -0.2) is 26.3 Å². The molecule has 0 saturated carbocycles. The molecule has 2 heteroatoms. The summed E-state index contributed by atoms with van der Waals surface area (Å²) < 4.78 is 5.46. The summed E-state index contributed by atoms with van der Waals surface area (Å²) in [4.78, 5) is 2.54. The van der Waals surface area contributed by atoms with Gasteiger partial charge in [0, 0.05) is 37.2 Å². The Kier molecular flexibility index (Phi) is 2.60. The van der Waals surface area contributed by atoms with Gasteiger partial charge in [-0.05, 0) is 18.1 Å². The number of nitrogens with zero attached hydrogens (tertiary/aromatic N) is 1. The van der Waals surface area contributed by atoms with E-state index in [2.05, 4.69) is 36.1 Å². The maximum absolute atomic E-state index is 5.46. The van der Waals surface area contributed by atoms with Gasteiger partial charge < -0.3 is 9.64 Å². The number of anilines is 1. The second kappa shape index (κ2) is 4.10. The van der Waals surface area contributed by atoms with Crippen molar-refractivity contribution in [1.29, 1.82) is 0 Å². The summed E-state index contributed by atoms with van der Waals surface area (Å²) in [6, 6.07) is 8.83. The number of hydrogen-bond acceptors (Lipinski definition) is 2. The third-order valence-corrected chi connectivity index (χ3v) is 3.81. The van der Waals surface area contributed by atoms with E-state index in [9.17, 15) is 0 Å². The predicted molar refractivity (Wildman–Crippen MR) is 66.0 cm³/mol. The van der Waals surface area contributed by atoms with Crippen LogP contribution >= 0.6 is 0 Å². The molecule has 1 aromatic rings.